The summed E-state index contributed by atoms with van der Waals surface area (Å²) in [5.74, 6) is -0.816. The van der Waals surface area contributed by atoms with Crippen LogP contribution in [0.5, 0.6) is 0 Å². The Morgan fingerprint density at radius 3 is 0.924 bits per heavy atom. The smallest absolute Gasteiger partial charge is 0.306 e. The van der Waals surface area contributed by atoms with E-state index in [0.29, 0.717) is 17.4 Å². The number of hydrogen-bond donors (Lipinski definition) is 0. The van der Waals surface area contributed by atoms with E-state index >= 15 is 0 Å². The van der Waals surface area contributed by atoms with Gasteiger partial charge < -0.3 is 27.9 Å². The first-order chi connectivity index (χ1) is 45.0. The third-order valence-corrected chi connectivity index (χ3v) is 19.0. The van der Waals surface area contributed by atoms with Crippen molar-refractivity contribution in [2.45, 2.75) is 405 Å². The van der Waals surface area contributed by atoms with Crippen molar-refractivity contribution in [2.24, 2.45) is 0 Å². The maximum atomic E-state index is 12.9. The molecule has 0 N–H and O–H groups in total. The van der Waals surface area contributed by atoms with Crippen LogP contribution in [-0.2, 0) is 32.7 Å². The highest BCUT2D eigenvalue weighted by Crippen LogP contribution is 2.38. The minimum atomic E-state index is -4.65. The number of nitrogens with zero attached hydrogens (tertiary/aromatic N) is 1. The van der Waals surface area contributed by atoms with Gasteiger partial charge in [-0.05, 0) is 57.8 Å². The van der Waals surface area contributed by atoms with Crippen molar-refractivity contribution >= 4 is 19.8 Å². The molecule has 0 saturated heterocycles. The molecule has 92 heavy (non-hydrogen) atoms. The number of allylic oxidation sites excluding steroid dienone is 10. The van der Waals surface area contributed by atoms with Crippen molar-refractivity contribution in [1.82, 2.24) is 0 Å². The van der Waals surface area contributed by atoms with Gasteiger partial charge in [-0.1, -0.05) is 389 Å². The lowest BCUT2D eigenvalue weighted by atomic mass is 10.0. The van der Waals surface area contributed by atoms with Gasteiger partial charge in [0.1, 0.15) is 19.8 Å². The molecular weight excluding hydrogens is 1160 g/mol. The number of rotatable bonds is 75. The van der Waals surface area contributed by atoms with Crippen LogP contribution in [0.1, 0.15) is 399 Å². The van der Waals surface area contributed by atoms with Crippen LogP contribution in [0.2, 0.25) is 0 Å². The summed E-state index contributed by atoms with van der Waals surface area (Å²) in [4.78, 5) is 38.2. The summed E-state index contributed by atoms with van der Waals surface area (Å²) in [7, 11) is 1.18. The van der Waals surface area contributed by atoms with Crippen molar-refractivity contribution in [3.8, 4) is 0 Å². The van der Waals surface area contributed by atoms with Gasteiger partial charge in [-0.2, -0.15) is 0 Å². The van der Waals surface area contributed by atoms with Gasteiger partial charge in [0.2, 0.25) is 0 Å². The van der Waals surface area contributed by atoms with Gasteiger partial charge in [0.05, 0.1) is 27.7 Å². The van der Waals surface area contributed by atoms with Crippen molar-refractivity contribution in [3.63, 3.8) is 0 Å². The summed E-state index contributed by atoms with van der Waals surface area (Å²) in [6.45, 7) is 4.19. The third-order valence-electron chi connectivity index (χ3n) is 18.1. The maximum Gasteiger partial charge on any atom is 0.306 e. The van der Waals surface area contributed by atoms with E-state index in [2.05, 4.69) is 74.6 Å². The second-order valence-corrected chi connectivity index (χ2v) is 29.8. The van der Waals surface area contributed by atoms with Gasteiger partial charge in [-0.25, -0.2) is 0 Å². The van der Waals surface area contributed by atoms with E-state index < -0.39 is 26.5 Å². The van der Waals surface area contributed by atoms with E-state index in [4.69, 9.17) is 18.5 Å². The van der Waals surface area contributed by atoms with Crippen molar-refractivity contribution < 1.29 is 42.1 Å². The molecule has 0 saturated carbocycles. The van der Waals surface area contributed by atoms with Gasteiger partial charge >= 0.3 is 11.9 Å². The molecule has 0 aromatic heterocycles. The zero-order chi connectivity index (χ0) is 66.9. The van der Waals surface area contributed by atoms with E-state index in [9.17, 15) is 19.0 Å². The first-order valence-corrected chi connectivity index (χ1v) is 41.5. The average molecular weight is 1310 g/mol. The Hall–Kier alpha value is -2.29. The monoisotopic (exact) mass is 1310 g/mol. The second-order valence-electron chi connectivity index (χ2n) is 28.4. The van der Waals surface area contributed by atoms with Gasteiger partial charge in [0.15, 0.2) is 6.10 Å². The minimum absolute atomic E-state index is 0.0303. The lowest BCUT2D eigenvalue weighted by molar-refractivity contribution is -0.870. The Bertz CT molecular complexity index is 1740. The van der Waals surface area contributed by atoms with Crippen LogP contribution in [0.4, 0.5) is 0 Å². The molecule has 540 valence electrons. The Morgan fingerprint density at radius 2 is 0.620 bits per heavy atom. The summed E-state index contributed by atoms with van der Waals surface area (Å²) >= 11 is 0. The fourth-order valence-corrected chi connectivity index (χ4v) is 12.7. The molecule has 0 aliphatic carbocycles. The molecule has 10 heteroatoms. The summed E-state index contributed by atoms with van der Waals surface area (Å²) < 4.78 is 34.4. The quantitative estimate of drug-likeness (QED) is 0.0195. The number of ether oxygens (including phenoxy) is 2. The second kappa shape index (κ2) is 73.0. The molecule has 0 rings (SSSR count). The summed E-state index contributed by atoms with van der Waals surface area (Å²) in [5, 5.41) is 0. The number of likely N-dealkylation sites (N-methyl/N-ethyl adjacent to an activating group) is 1. The van der Waals surface area contributed by atoms with Crippen LogP contribution in [0, 0.1) is 0 Å². The molecule has 9 nitrogen and oxygen atoms in total. The molecule has 0 bridgehead atoms. The lowest BCUT2D eigenvalue weighted by Gasteiger charge is -2.28. The van der Waals surface area contributed by atoms with Gasteiger partial charge in [-0.3, -0.25) is 14.2 Å². The molecule has 2 unspecified atom stereocenters. The number of hydrogen-bond acceptors (Lipinski definition) is 8. The van der Waals surface area contributed by atoms with Crippen LogP contribution in [0.15, 0.2) is 60.8 Å². The molecule has 0 spiro atoms. The molecule has 0 aromatic rings. The number of phosphoric acid groups is 1. The Balaban J connectivity index is 3.90. The summed E-state index contributed by atoms with van der Waals surface area (Å²) in [6, 6.07) is 0. The molecule has 0 radical (unpaired) electrons. The first-order valence-electron chi connectivity index (χ1n) is 40.0. The largest absolute Gasteiger partial charge is 0.756 e. The molecule has 0 fully saturated rings. The Kier molecular flexibility index (Phi) is 71.2. The molecule has 0 amide bonds. The number of carbonyl (C=O) groups excluding carboxylic acids is 2. The zero-order valence-corrected chi connectivity index (χ0v) is 62.7. The number of phosphoric ester groups is 1. The van der Waals surface area contributed by atoms with Gasteiger partial charge in [0, 0.05) is 12.8 Å². The normalized spacial score (nSPS) is 13.3. The molecule has 0 aromatic carbocycles. The fraction of sp³-hybridized carbons (Fsp3) is 0.854. The van der Waals surface area contributed by atoms with Crippen molar-refractivity contribution in [1.29, 1.82) is 0 Å². The molecule has 0 aliphatic rings. The molecular formula is C82H154NO8P. The highest BCUT2D eigenvalue weighted by molar-refractivity contribution is 7.45. The first kappa shape index (κ1) is 89.7. The molecule has 0 aliphatic heterocycles. The van der Waals surface area contributed by atoms with E-state index in [-0.39, 0.29) is 32.0 Å². The Morgan fingerprint density at radius 1 is 0.348 bits per heavy atom. The van der Waals surface area contributed by atoms with E-state index in [1.807, 2.05) is 21.1 Å². The number of esters is 2. The number of unbranched alkanes of at least 4 members (excludes halogenated alkanes) is 51. The topological polar surface area (TPSA) is 111 Å². The van der Waals surface area contributed by atoms with Crippen LogP contribution < -0.4 is 4.89 Å². The van der Waals surface area contributed by atoms with Gasteiger partial charge in [-0.15, -0.1) is 0 Å². The van der Waals surface area contributed by atoms with Crippen LogP contribution in [-0.4, -0.2) is 70.0 Å². The summed E-state index contributed by atoms with van der Waals surface area (Å²) in [6.07, 6.45) is 97.8. The molecule has 0 heterocycles. The maximum absolute atomic E-state index is 12.9. The number of quaternary nitrogens is 1. The highest BCUT2D eigenvalue weighted by Gasteiger charge is 2.22. The fourth-order valence-electron chi connectivity index (χ4n) is 12.0. The summed E-state index contributed by atoms with van der Waals surface area (Å²) in [5.41, 5.74) is 0. The van der Waals surface area contributed by atoms with Gasteiger partial charge in [0.25, 0.3) is 7.82 Å². The lowest BCUT2D eigenvalue weighted by Crippen LogP contribution is -2.37. The Labute approximate surface area is 572 Å². The highest BCUT2D eigenvalue weighted by atomic mass is 31.2. The van der Waals surface area contributed by atoms with Crippen LogP contribution >= 0.6 is 7.82 Å². The zero-order valence-electron chi connectivity index (χ0n) is 61.8. The standard InChI is InChI=1S/C82H154NO8P/c1-6-8-10-12-14-16-18-20-22-24-26-28-30-32-34-36-37-38-39-40-41-42-43-44-45-47-48-50-52-54-56-58-60-62-64-66-68-70-72-74-81(84)88-78-80(79-90-92(86,87)89-77-76-83(3,4)5)91-82(85)75-73-71-69-67-65-63-61-59-57-55-53-51-49-46-35-33-31-29-27-25-23-21-19-17-15-13-11-9-7-2/h9,11,15,17,21,23,27,29,33,35,80H,6-8,10,12-14,16,18-20,22,24-26,28,30-32,34,36-79H2,1-5H3/b11-9-,17-15-,23-21-,29-27-,35-33-. The average Bonchev–Trinajstić information content (AvgIpc) is 2.14. The third kappa shape index (κ3) is 76.7. The van der Waals surface area contributed by atoms with Crippen molar-refractivity contribution in [2.75, 3.05) is 47.5 Å². The molecule has 2 atom stereocenters. The van der Waals surface area contributed by atoms with E-state index in [1.54, 1.807) is 0 Å². The number of carbonyl (C=O) groups is 2. The predicted octanol–water partition coefficient (Wildman–Crippen LogP) is 25.9. The van der Waals surface area contributed by atoms with E-state index in [0.717, 1.165) is 70.6 Å². The minimum Gasteiger partial charge on any atom is -0.756 e. The van der Waals surface area contributed by atoms with Crippen LogP contribution in [0.3, 0.4) is 0 Å². The SMILES string of the molecule is CC/C=C\C/C=C\C/C=C\C/C=C\C/C=C\CCCCCCCCCCCCCCCC(=O)OC(COC(=O)CCCCCCCCCCCCCCCCCCCCCCCCCCCCCCCCCCCCCCCCC)COP(=O)([O-])OCC[N+](C)(C)C. The van der Waals surface area contributed by atoms with Crippen LogP contribution in [0.25, 0.3) is 0 Å². The van der Waals surface area contributed by atoms with E-state index in [1.165, 1.54) is 295 Å². The van der Waals surface area contributed by atoms with Crippen molar-refractivity contribution in [3.05, 3.63) is 60.8 Å². The predicted molar refractivity (Wildman–Crippen MR) is 397 cm³/mol.